The molecule has 2 unspecified atom stereocenters. The maximum absolute atomic E-state index is 13.1. The van der Waals surface area contributed by atoms with E-state index in [0.29, 0.717) is 24.1 Å². The van der Waals surface area contributed by atoms with Crippen molar-refractivity contribution in [2.45, 2.75) is 25.9 Å². The molecule has 1 aromatic carbocycles. The Morgan fingerprint density at radius 2 is 2.35 bits per heavy atom. The number of nitrogens with zero attached hydrogens (tertiary/aromatic N) is 1. The smallest absolute Gasteiger partial charge is 0.170 e. The Kier molecular flexibility index (Phi) is 3.28. The summed E-state index contributed by atoms with van der Waals surface area (Å²) < 4.78 is 13.1. The van der Waals surface area contributed by atoms with Crippen molar-refractivity contribution in [2.75, 3.05) is 0 Å². The summed E-state index contributed by atoms with van der Waals surface area (Å²) in [6, 6.07) is 4.84. The lowest BCUT2D eigenvalue weighted by Crippen LogP contribution is -2.22. The van der Waals surface area contributed by atoms with Crippen LogP contribution in [0, 0.1) is 11.7 Å². The second-order valence-corrected chi connectivity index (χ2v) is 4.49. The quantitative estimate of drug-likeness (QED) is 0.321. The number of oxime groups is 1. The number of amidine groups is 1. The van der Waals surface area contributed by atoms with E-state index >= 15 is 0 Å². The third-order valence-electron chi connectivity index (χ3n) is 3.12. The zero-order chi connectivity index (χ0) is 12.4. The number of nitrogens with two attached hydrogens (primary N) is 1. The minimum atomic E-state index is -0.393. The van der Waals surface area contributed by atoms with E-state index in [2.05, 4.69) is 17.4 Å². The molecular formula is C12H16FN3O. The van der Waals surface area contributed by atoms with Crippen molar-refractivity contribution < 1.29 is 9.60 Å². The van der Waals surface area contributed by atoms with Crippen molar-refractivity contribution in [2.24, 2.45) is 16.8 Å². The van der Waals surface area contributed by atoms with Crippen LogP contribution >= 0.6 is 0 Å². The number of hydrogen-bond acceptors (Lipinski definition) is 3. The van der Waals surface area contributed by atoms with Crippen LogP contribution in [0.5, 0.6) is 0 Å². The fourth-order valence-electron chi connectivity index (χ4n) is 1.84. The third kappa shape index (κ3) is 2.74. The molecule has 0 radical (unpaired) electrons. The molecular weight excluding hydrogens is 221 g/mol. The van der Waals surface area contributed by atoms with Crippen LogP contribution in [-0.2, 0) is 6.54 Å². The largest absolute Gasteiger partial charge is 0.409 e. The van der Waals surface area contributed by atoms with Gasteiger partial charge in [-0.2, -0.15) is 0 Å². The van der Waals surface area contributed by atoms with E-state index in [9.17, 15) is 4.39 Å². The average molecular weight is 237 g/mol. The maximum Gasteiger partial charge on any atom is 0.170 e. The minimum Gasteiger partial charge on any atom is -0.409 e. The van der Waals surface area contributed by atoms with Gasteiger partial charge in [-0.3, -0.25) is 0 Å². The molecule has 2 rings (SSSR count). The molecule has 0 aliphatic heterocycles. The summed E-state index contributed by atoms with van der Waals surface area (Å²) in [4.78, 5) is 0. The van der Waals surface area contributed by atoms with E-state index in [0.717, 1.165) is 5.56 Å². The molecule has 5 heteroatoms. The first-order valence-electron chi connectivity index (χ1n) is 5.61. The van der Waals surface area contributed by atoms with E-state index in [1.54, 1.807) is 6.07 Å². The van der Waals surface area contributed by atoms with Gasteiger partial charge in [0.2, 0.25) is 0 Å². The van der Waals surface area contributed by atoms with Gasteiger partial charge in [-0.15, -0.1) is 0 Å². The number of rotatable bonds is 4. The van der Waals surface area contributed by atoms with Crippen LogP contribution < -0.4 is 11.1 Å². The minimum absolute atomic E-state index is 0.0647. The highest BCUT2D eigenvalue weighted by molar-refractivity contribution is 5.98. The third-order valence-corrected chi connectivity index (χ3v) is 3.12. The molecule has 1 aliphatic carbocycles. The van der Waals surface area contributed by atoms with Crippen LogP contribution in [0.4, 0.5) is 4.39 Å². The first-order chi connectivity index (χ1) is 8.11. The fourth-order valence-corrected chi connectivity index (χ4v) is 1.84. The highest BCUT2D eigenvalue weighted by Crippen LogP contribution is 2.29. The van der Waals surface area contributed by atoms with Crippen molar-refractivity contribution in [1.29, 1.82) is 0 Å². The molecule has 4 nitrogen and oxygen atoms in total. The van der Waals surface area contributed by atoms with Crippen molar-refractivity contribution in [1.82, 2.24) is 5.32 Å². The number of nitrogens with one attached hydrogen (secondary N) is 1. The molecule has 1 saturated carbocycles. The van der Waals surface area contributed by atoms with Crippen LogP contribution in [0.15, 0.2) is 23.4 Å². The molecule has 0 heterocycles. The lowest BCUT2D eigenvalue weighted by atomic mass is 10.1. The van der Waals surface area contributed by atoms with E-state index in [1.165, 1.54) is 18.6 Å². The molecule has 0 aromatic heterocycles. The van der Waals surface area contributed by atoms with Gasteiger partial charge >= 0.3 is 0 Å². The Labute approximate surface area is 99.3 Å². The number of hydrogen-bond donors (Lipinski definition) is 3. The van der Waals surface area contributed by atoms with E-state index in [-0.39, 0.29) is 5.84 Å². The lowest BCUT2D eigenvalue weighted by molar-refractivity contribution is 0.318. The summed E-state index contributed by atoms with van der Waals surface area (Å²) in [5, 5.41) is 14.9. The maximum atomic E-state index is 13.1. The summed E-state index contributed by atoms with van der Waals surface area (Å²) in [5.41, 5.74) is 6.79. The van der Waals surface area contributed by atoms with Gasteiger partial charge in [0, 0.05) is 18.2 Å². The topological polar surface area (TPSA) is 70.6 Å². The molecule has 1 aromatic rings. The van der Waals surface area contributed by atoms with Gasteiger partial charge in [-0.1, -0.05) is 18.1 Å². The Morgan fingerprint density at radius 1 is 1.65 bits per heavy atom. The van der Waals surface area contributed by atoms with Gasteiger partial charge in [0.05, 0.1) is 0 Å². The van der Waals surface area contributed by atoms with Crippen LogP contribution in [0.1, 0.15) is 24.5 Å². The van der Waals surface area contributed by atoms with Gasteiger partial charge in [-0.25, -0.2) is 4.39 Å². The standard InChI is InChI=1S/C12H16FN3O/c1-7-4-11(7)15-6-8-2-3-9(13)5-10(8)12(14)16-17/h2-3,5,7,11,15,17H,4,6H2,1H3,(H2,14,16). The average Bonchev–Trinajstić information content (AvgIpc) is 3.02. The predicted molar refractivity (Wildman–Crippen MR) is 63.3 cm³/mol. The first kappa shape index (κ1) is 11.9. The SMILES string of the molecule is CC1CC1NCc1ccc(F)cc1C(N)=NO. The van der Waals surface area contributed by atoms with Gasteiger partial charge in [-0.05, 0) is 30.0 Å². The number of halogens is 1. The Balaban J connectivity index is 2.14. The van der Waals surface area contributed by atoms with Crippen LogP contribution in [0.25, 0.3) is 0 Å². The molecule has 1 aliphatic rings. The van der Waals surface area contributed by atoms with Gasteiger partial charge in [0.15, 0.2) is 5.84 Å². The fraction of sp³-hybridized carbons (Fsp3) is 0.417. The second-order valence-electron chi connectivity index (χ2n) is 4.49. The Morgan fingerprint density at radius 3 is 2.94 bits per heavy atom. The van der Waals surface area contributed by atoms with Crippen molar-refractivity contribution in [3.8, 4) is 0 Å². The summed E-state index contributed by atoms with van der Waals surface area (Å²) in [6.45, 7) is 2.77. The summed E-state index contributed by atoms with van der Waals surface area (Å²) in [7, 11) is 0. The van der Waals surface area contributed by atoms with E-state index < -0.39 is 5.82 Å². The van der Waals surface area contributed by atoms with Crippen LogP contribution in [-0.4, -0.2) is 17.1 Å². The zero-order valence-electron chi connectivity index (χ0n) is 9.65. The Hall–Kier alpha value is -1.62. The van der Waals surface area contributed by atoms with Crippen molar-refractivity contribution in [3.05, 3.63) is 35.1 Å². The van der Waals surface area contributed by atoms with Crippen LogP contribution in [0.3, 0.4) is 0 Å². The number of benzene rings is 1. The van der Waals surface area contributed by atoms with Gasteiger partial charge in [0.25, 0.3) is 0 Å². The molecule has 0 saturated heterocycles. The highest BCUT2D eigenvalue weighted by atomic mass is 19.1. The highest BCUT2D eigenvalue weighted by Gasteiger charge is 2.31. The molecule has 0 spiro atoms. The molecule has 0 amide bonds. The second kappa shape index (κ2) is 4.71. The van der Waals surface area contributed by atoms with Crippen LogP contribution in [0.2, 0.25) is 0 Å². The molecule has 17 heavy (non-hydrogen) atoms. The normalized spacial score (nSPS) is 23.8. The molecule has 1 fully saturated rings. The van der Waals surface area contributed by atoms with Crippen molar-refractivity contribution in [3.63, 3.8) is 0 Å². The lowest BCUT2D eigenvalue weighted by Gasteiger charge is -2.09. The van der Waals surface area contributed by atoms with E-state index in [1.807, 2.05) is 0 Å². The predicted octanol–water partition coefficient (Wildman–Crippen LogP) is 1.42. The first-order valence-corrected chi connectivity index (χ1v) is 5.61. The Bertz CT molecular complexity index is 447. The zero-order valence-corrected chi connectivity index (χ0v) is 9.65. The van der Waals surface area contributed by atoms with E-state index in [4.69, 9.17) is 10.9 Å². The van der Waals surface area contributed by atoms with Crippen molar-refractivity contribution >= 4 is 5.84 Å². The monoisotopic (exact) mass is 237 g/mol. The summed E-state index contributed by atoms with van der Waals surface area (Å²) in [6.07, 6.45) is 1.17. The summed E-state index contributed by atoms with van der Waals surface area (Å²) >= 11 is 0. The molecule has 92 valence electrons. The summed E-state index contributed by atoms with van der Waals surface area (Å²) in [5.74, 6) is 0.239. The molecule has 0 bridgehead atoms. The van der Waals surface area contributed by atoms with Gasteiger partial charge < -0.3 is 16.3 Å². The molecule has 2 atom stereocenters. The molecule has 4 N–H and O–H groups in total. The van der Waals surface area contributed by atoms with Gasteiger partial charge in [0.1, 0.15) is 5.82 Å².